The van der Waals surface area contributed by atoms with Gasteiger partial charge in [-0.3, -0.25) is 0 Å². The molecule has 6 heteroatoms. The van der Waals surface area contributed by atoms with E-state index in [0.717, 1.165) is 12.1 Å². The molecule has 1 aromatic rings. The maximum atomic E-state index is 12.0. The highest BCUT2D eigenvalue weighted by atomic mass is 16.5. The number of likely N-dealkylation sites (tertiary alicyclic amines) is 1. The van der Waals surface area contributed by atoms with Gasteiger partial charge in [0, 0.05) is 19.2 Å². The van der Waals surface area contributed by atoms with Crippen LogP contribution in [-0.2, 0) is 6.54 Å². The normalized spacial score (nSPS) is 23.1. The van der Waals surface area contributed by atoms with Gasteiger partial charge >= 0.3 is 6.03 Å². The predicted molar refractivity (Wildman–Crippen MR) is 74.2 cm³/mol. The van der Waals surface area contributed by atoms with Gasteiger partial charge in [0.2, 0.25) is 0 Å². The lowest BCUT2D eigenvalue weighted by Gasteiger charge is -2.34. The van der Waals surface area contributed by atoms with Crippen molar-refractivity contribution in [3.05, 3.63) is 17.5 Å². The van der Waals surface area contributed by atoms with Crippen LogP contribution in [0.25, 0.3) is 0 Å². The van der Waals surface area contributed by atoms with Crippen LogP contribution in [0.4, 0.5) is 4.79 Å². The van der Waals surface area contributed by atoms with Crippen LogP contribution in [-0.4, -0.2) is 40.4 Å². The standard InChI is InChI=1S/C14H23N3O3/c1-9(2)12-6-11(20-16-12)7-15-14(19)17-5-4-10(3)13(18)8-17/h6,9-10,13,18H,4-5,7-8H2,1-3H3,(H,15,19). The Balaban J connectivity index is 1.82. The number of nitrogens with zero attached hydrogens (tertiary/aromatic N) is 2. The average Bonchev–Trinajstić information content (AvgIpc) is 2.88. The first-order valence-electron chi connectivity index (χ1n) is 7.13. The molecule has 2 atom stereocenters. The van der Waals surface area contributed by atoms with E-state index in [2.05, 4.69) is 10.5 Å². The topological polar surface area (TPSA) is 78.6 Å². The van der Waals surface area contributed by atoms with Gasteiger partial charge in [0.15, 0.2) is 5.76 Å². The average molecular weight is 281 g/mol. The highest BCUT2D eigenvalue weighted by molar-refractivity contribution is 5.74. The lowest BCUT2D eigenvalue weighted by Crippen LogP contribution is -2.49. The number of aromatic nitrogens is 1. The van der Waals surface area contributed by atoms with Crippen molar-refractivity contribution in [1.29, 1.82) is 0 Å². The van der Waals surface area contributed by atoms with Gasteiger partial charge in [0.1, 0.15) is 0 Å². The van der Waals surface area contributed by atoms with Gasteiger partial charge < -0.3 is 19.8 Å². The summed E-state index contributed by atoms with van der Waals surface area (Å²) in [6, 6.07) is 1.69. The number of aliphatic hydroxyl groups is 1. The van der Waals surface area contributed by atoms with E-state index in [4.69, 9.17) is 4.52 Å². The Kier molecular flexibility index (Phi) is 4.65. The molecule has 2 unspecified atom stereocenters. The van der Waals surface area contributed by atoms with Crippen molar-refractivity contribution in [3.8, 4) is 0 Å². The third kappa shape index (κ3) is 3.50. The Labute approximate surface area is 119 Å². The molecule has 2 rings (SSSR count). The van der Waals surface area contributed by atoms with E-state index in [1.165, 1.54) is 0 Å². The first-order chi connectivity index (χ1) is 9.47. The second kappa shape index (κ2) is 6.26. The van der Waals surface area contributed by atoms with E-state index in [0.29, 0.717) is 31.3 Å². The SMILES string of the molecule is CC(C)c1cc(CNC(=O)N2CCC(C)C(O)C2)on1. The maximum absolute atomic E-state index is 12.0. The Bertz CT molecular complexity index is 458. The summed E-state index contributed by atoms with van der Waals surface area (Å²) in [6.45, 7) is 7.47. The third-order valence-corrected chi connectivity index (χ3v) is 3.79. The fraction of sp³-hybridized carbons (Fsp3) is 0.714. The number of hydrogen-bond donors (Lipinski definition) is 2. The predicted octanol–water partition coefficient (Wildman–Crippen LogP) is 1.71. The van der Waals surface area contributed by atoms with Crippen LogP contribution in [0.3, 0.4) is 0 Å². The molecule has 1 fully saturated rings. The van der Waals surface area contributed by atoms with Gasteiger partial charge in [-0.2, -0.15) is 0 Å². The van der Waals surface area contributed by atoms with E-state index in [9.17, 15) is 9.90 Å². The van der Waals surface area contributed by atoms with Crippen molar-refractivity contribution >= 4 is 6.03 Å². The number of carbonyl (C=O) groups is 1. The summed E-state index contributed by atoms with van der Waals surface area (Å²) in [6.07, 6.45) is 0.390. The first kappa shape index (κ1) is 14.8. The minimum Gasteiger partial charge on any atom is -0.391 e. The first-order valence-corrected chi connectivity index (χ1v) is 7.13. The van der Waals surface area contributed by atoms with Crippen LogP contribution in [0, 0.1) is 5.92 Å². The third-order valence-electron chi connectivity index (χ3n) is 3.79. The Hall–Kier alpha value is -1.56. The summed E-state index contributed by atoms with van der Waals surface area (Å²) in [5, 5.41) is 16.5. The van der Waals surface area contributed by atoms with Gasteiger partial charge in [-0.1, -0.05) is 25.9 Å². The molecule has 2 amide bonds. The molecule has 0 spiro atoms. The molecule has 0 saturated carbocycles. The van der Waals surface area contributed by atoms with Crippen molar-refractivity contribution in [1.82, 2.24) is 15.4 Å². The van der Waals surface area contributed by atoms with Gasteiger partial charge in [-0.15, -0.1) is 0 Å². The quantitative estimate of drug-likeness (QED) is 0.884. The van der Waals surface area contributed by atoms with Crippen molar-refractivity contribution in [3.63, 3.8) is 0 Å². The second-order valence-electron chi connectivity index (χ2n) is 5.81. The smallest absolute Gasteiger partial charge is 0.317 e. The van der Waals surface area contributed by atoms with Gasteiger partial charge in [-0.25, -0.2) is 4.79 Å². The van der Waals surface area contributed by atoms with Crippen molar-refractivity contribution in [2.75, 3.05) is 13.1 Å². The molecule has 0 radical (unpaired) electrons. The molecule has 1 aromatic heterocycles. The summed E-state index contributed by atoms with van der Waals surface area (Å²) in [4.78, 5) is 13.6. The zero-order valence-corrected chi connectivity index (χ0v) is 12.3. The molecule has 1 saturated heterocycles. The summed E-state index contributed by atoms with van der Waals surface area (Å²) in [5.41, 5.74) is 0.886. The van der Waals surface area contributed by atoms with E-state index in [1.807, 2.05) is 26.8 Å². The van der Waals surface area contributed by atoms with E-state index in [-0.39, 0.29) is 11.9 Å². The Morgan fingerprint density at radius 1 is 1.65 bits per heavy atom. The van der Waals surface area contributed by atoms with Crippen LogP contribution < -0.4 is 5.32 Å². The number of carbonyl (C=O) groups excluding carboxylic acids is 1. The lowest BCUT2D eigenvalue weighted by molar-refractivity contribution is 0.0434. The number of hydrogen-bond acceptors (Lipinski definition) is 4. The lowest BCUT2D eigenvalue weighted by atomic mass is 9.96. The monoisotopic (exact) mass is 281 g/mol. The summed E-state index contributed by atoms with van der Waals surface area (Å²) >= 11 is 0. The van der Waals surface area contributed by atoms with E-state index < -0.39 is 6.10 Å². The molecule has 1 aliphatic rings. The van der Waals surface area contributed by atoms with Crippen LogP contribution in [0.5, 0.6) is 0 Å². The summed E-state index contributed by atoms with van der Waals surface area (Å²) in [7, 11) is 0. The van der Waals surface area contributed by atoms with Crippen LogP contribution in [0.1, 0.15) is 44.6 Å². The number of aliphatic hydroxyl groups excluding tert-OH is 1. The number of piperidine rings is 1. The van der Waals surface area contributed by atoms with Gasteiger partial charge in [0.25, 0.3) is 0 Å². The minimum absolute atomic E-state index is 0.168. The van der Waals surface area contributed by atoms with Crippen LogP contribution in [0.2, 0.25) is 0 Å². The van der Waals surface area contributed by atoms with Crippen LogP contribution in [0.15, 0.2) is 10.6 Å². The van der Waals surface area contributed by atoms with E-state index in [1.54, 1.807) is 4.90 Å². The van der Waals surface area contributed by atoms with Crippen molar-refractivity contribution < 1.29 is 14.4 Å². The molecule has 2 heterocycles. The molecule has 20 heavy (non-hydrogen) atoms. The molecule has 112 valence electrons. The molecule has 0 aliphatic carbocycles. The molecule has 0 bridgehead atoms. The molecule has 1 aliphatic heterocycles. The maximum Gasteiger partial charge on any atom is 0.317 e. The zero-order valence-electron chi connectivity index (χ0n) is 12.3. The summed E-state index contributed by atoms with van der Waals surface area (Å²) in [5.74, 6) is 1.21. The zero-order chi connectivity index (χ0) is 14.7. The van der Waals surface area contributed by atoms with Gasteiger partial charge in [-0.05, 0) is 18.3 Å². The minimum atomic E-state index is -0.438. The fourth-order valence-corrected chi connectivity index (χ4v) is 2.19. The molecular weight excluding hydrogens is 258 g/mol. The number of urea groups is 1. The van der Waals surface area contributed by atoms with Crippen molar-refractivity contribution in [2.24, 2.45) is 5.92 Å². The highest BCUT2D eigenvalue weighted by Gasteiger charge is 2.27. The molecule has 2 N–H and O–H groups in total. The fourth-order valence-electron chi connectivity index (χ4n) is 2.19. The van der Waals surface area contributed by atoms with Crippen molar-refractivity contribution in [2.45, 2.75) is 45.8 Å². The Morgan fingerprint density at radius 2 is 2.40 bits per heavy atom. The second-order valence-corrected chi connectivity index (χ2v) is 5.81. The number of β-amino-alcohol motifs (C(OH)–C–C–N with tert-alkyl or cyclic N) is 1. The van der Waals surface area contributed by atoms with E-state index >= 15 is 0 Å². The molecule has 0 aromatic carbocycles. The number of rotatable bonds is 3. The largest absolute Gasteiger partial charge is 0.391 e. The summed E-state index contributed by atoms with van der Waals surface area (Å²) < 4.78 is 5.17. The molecular formula is C14H23N3O3. The highest BCUT2D eigenvalue weighted by Crippen LogP contribution is 2.17. The molecule has 6 nitrogen and oxygen atoms in total. The number of nitrogens with one attached hydrogen (secondary N) is 1. The number of amides is 2. The van der Waals surface area contributed by atoms with Gasteiger partial charge in [0.05, 0.1) is 18.3 Å². The van der Waals surface area contributed by atoms with Crippen LogP contribution >= 0.6 is 0 Å². The Morgan fingerprint density at radius 3 is 3.00 bits per heavy atom.